The highest BCUT2D eigenvalue weighted by molar-refractivity contribution is 7.10. The molecule has 0 aromatic carbocycles. The van der Waals surface area contributed by atoms with Crippen LogP contribution in [0.4, 0.5) is 0 Å². The Morgan fingerprint density at radius 3 is 2.75 bits per heavy atom. The number of rotatable bonds is 2. The van der Waals surface area contributed by atoms with Crippen LogP contribution in [0.2, 0.25) is 0 Å². The second kappa shape index (κ2) is 4.17. The Hall–Kier alpha value is -0.890. The first-order chi connectivity index (χ1) is 7.62. The molecule has 1 aromatic rings. The molecular formula is C12H15NO2S. The van der Waals surface area contributed by atoms with E-state index in [4.69, 9.17) is 4.74 Å². The summed E-state index contributed by atoms with van der Waals surface area (Å²) in [6, 6.07) is 6.11. The largest absolute Gasteiger partial charge is 0.383 e. The summed E-state index contributed by atoms with van der Waals surface area (Å²) in [5.41, 5.74) is -1.80. The second-order valence-corrected chi connectivity index (χ2v) is 5.30. The Balaban J connectivity index is 2.37. The highest BCUT2D eigenvalue weighted by Crippen LogP contribution is 2.47. The van der Waals surface area contributed by atoms with Crippen molar-refractivity contribution in [2.45, 2.75) is 25.4 Å². The van der Waals surface area contributed by atoms with Crippen LogP contribution in [0.5, 0.6) is 0 Å². The van der Waals surface area contributed by atoms with E-state index < -0.39 is 11.0 Å². The van der Waals surface area contributed by atoms with Crippen LogP contribution in [0, 0.1) is 16.7 Å². The molecule has 1 N–H and O–H groups in total. The summed E-state index contributed by atoms with van der Waals surface area (Å²) in [6.45, 7) is 2.84. The van der Waals surface area contributed by atoms with Crippen LogP contribution in [0.3, 0.4) is 0 Å². The summed E-state index contributed by atoms with van der Waals surface area (Å²) in [4.78, 5) is 0.857. The van der Waals surface area contributed by atoms with Gasteiger partial charge in [-0.05, 0) is 31.2 Å². The van der Waals surface area contributed by atoms with Crippen molar-refractivity contribution in [1.82, 2.24) is 0 Å². The molecule has 1 aliphatic heterocycles. The van der Waals surface area contributed by atoms with Crippen LogP contribution in [-0.4, -0.2) is 18.3 Å². The highest BCUT2D eigenvalue weighted by Gasteiger charge is 2.50. The predicted octanol–water partition coefficient (Wildman–Crippen LogP) is 2.28. The number of aliphatic hydroxyl groups is 1. The van der Waals surface area contributed by atoms with Crippen molar-refractivity contribution in [2.75, 3.05) is 13.2 Å². The van der Waals surface area contributed by atoms with E-state index in [9.17, 15) is 10.4 Å². The molecule has 0 amide bonds. The molecule has 3 nitrogen and oxygen atoms in total. The third-order valence-corrected chi connectivity index (χ3v) is 4.57. The molecule has 0 saturated carbocycles. The van der Waals surface area contributed by atoms with E-state index in [0.29, 0.717) is 26.1 Å². The van der Waals surface area contributed by atoms with Gasteiger partial charge >= 0.3 is 0 Å². The lowest BCUT2D eigenvalue weighted by Gasteiger charge is -2.42. The summed E-state index contributed by atoms with van der Waals surface area (Å²) < 4.78 is 5.28. The zero-order valence-electron chi connectivity index (χ0n) is 9.27. The molecule has 0 aliphatic carbocycles. The SMILES string of the molecule is CC(O)(c1cccs1)C1(C#N)CCOCC1. The van der Waals surface area contributed by atoms with Crippen LogP contribution in [0.15, 0.2) is 17.5 Å². The topological polar surface area (TPSA) is 53.2 Å². The molecule has 1 aliphatic rings. The monoisotopic (exact) mass is 237 g/mol. The lowest BCUT2D eigenvalue weighted by Crippen LogP contribution is -2.45. The average Bonchev–Trinajstić information content (AvgIpc) is 2.84. The molecule has 1 saturated heterocycles. The van der Waals surface area contributed by atoms with Gasteiger partial charge < -0.3 is 9.84 Å². The maximum absolute atomic E-state index is 10.7. The van der Waals surface area contributed by atoms with Gasteiger partial charge in [-0.25, -0.2) is 0 Å². The van der Waals surface area contributed by atoms with Crippen molar-refractivity contribution in [3.8, 4) is 6.07 Å². The van der Waals surface area contributed by atoms with Crippen molar-refractivity contribution in [3.63, 3.8) is 0 Å². The molecule has 2 rings (SSSR count). The fraction of sp³-hybridized carbons (Fsp3) is 0.583. The maximum Gasteiger partial charge on any atom is 0.115 e. The quantitative estimate of drug-likeness (QED) is 0.858. The van der Waals surface area contributed by atoms with Gasteiger partial charge in [0.2, 0.25) is 0 Å². The zero-order valence-corrected chi connectivity index (χ0v) is 10.1. The Labute approximate surface area is 99.3 Å². The molecular weight excluding hydrogens is 222 g/mol. The summed E-state index contributed by atoms with van der Waals surface area (Å²) in [6.07, 6.45) is 1.18. The van der Waals surface area contributed by atoms with E-state index in [1.165, 1.54) is 11.3 Å². The number of thiophene rings is 1. The van der Waals surface area contributed by atoms with Crippen LogP contribution in [-0.2, 0) is 10.3 Å². The number of ether oxygens (including phenoxy) is 1. The van der Waals surface area contributed by atoms with Crippen molar-refractivity contribution < 1.29 is 9.84 Å². The van der Waals surface area contributed by atoms with E-state index >= 15 is 0 Å². The van der Waals surface area contributed by atoms with Gasteiger partial charge in [-0.2, -0.15) is 5.26 Å². The normalized spacial score (nSPS) is 23.3. The molecule has 0 radical (unpaired) electrons. The van der Waals surface area contributed by atoms with Gasteiger partial charge in [0.05, 0.1) is 11.5 Å². The Morgan fingerprint density at radius 1 is 1.56 bits per heavy atom. The van der Waals surface area contributed by atoms with Crippen LogP contribution in [0.25, 0.3) is 0 Å². The van der Waals surface area contributed by atoms with E-state index in [1.807, 2.05) is 17.5 Å². The summed E-state index contributed by atoms with van der Waals surface area (Å²) in [7, 11) is 0. The first-order valence-electron chi connectivity index (χ1n) is 5.38. The van der Waals surface area contributed by atoms with Crippen LogP contribution in [0.1, 0.15) is 24.6 Å². The minimum Gasteiger partial charge on any atom is -0.383 e. The standard InChI is InChI=1S/C12H15NO2S/c1-11(14,10-3-2-8-16-10)12(9-13)4-6-15-7-5-12/h2-3,8,14H,4-7H2,1H3. The van der Waals surface area contributed by atoms with Gasteiger partial charge in [0.15, 0.2) is 0 Å². The third-order valence-electron chi connectivity index (χ3n) is 3.49. The maximum atomic E-state index is 10.7. The second-order valence-electron chi connectivity index (χ2n) is 4.36. The fourth-order valence-electron chi connectivity index (χ4n) is 2.22. The van der Waals surface area contributed by atoms with Crippen molar-refractivity contribution in [1.29, 1.82) is 5.26 Å². The molecule has 86 valence electrons. The summed E-state index contributed by atoms with van der Waals surface area (Å²) in [5.74, 6) is 0. The van der Waals surface area contributed by atoms with Gasteiger partial charge in [0, 0.05) is 18.1 Å². The van der Waals surface area contributed by atoms with Gasteiger partial charge in [-0.3, -0.25) is 0 Å². The summed E-state index contributed by atoms with van der Waals surface area (Å²) >= 11 is 1.50. The average molecular weight is 237 g/mol. The van der Waals surface area contributed by atoms with Gasteiger partial charge in [-0.15, -0.1) is 11.3 Å². The molecule has 0 bridgehead atoms. The Bertz CT molecular complexity index is 386. The zero-order chi connectivity index (χ0) is 11.6. The highest BCUT2D eigenvalue weighted by atomic mass is 32.1. The number of nitriles is 1. The fourth-order valence-corrected chi connectivity index (χ4v) is 3.10. The third kappa shape index (κ3) is 1.65. The van der Waals surface area contributed by atoms with Crippen LogP contribution >= 0.6 is 11.3 Å². The number of nitrogens with zero attached hydrogens (tertiary/aromatic N) is 1. The van der Waals surface area contributed by atoms with Crippen molar-refractivity contribution in [2.24, 2.45) is 5.41 Å². The van der Waals surface area contributed by atoms with E-state index in [1.54, 1.807) is 6.92 Å². The van der Waals surface area contributed by atoms with Gasteiger partial charge in [0.25, 0.3) is 0 Å². The molecule has 1 atom stereocenters. The Kier molecular flexibility index (Phi) is 3.02. The number of hydrogen-bond acceptors (Lipinski definition) is 4. The first-order valence-corrected chi connectivity index (χ1v) is 6.26. The minimum absolute atomic E-state index is 0.551. The van der Waals surface area contributed by atoms with Crippen molar-refractivity contribution in [3.05, 3.63) is 22.4 Å². The molecule has 1 aromatic heterocycles. The predicted molar refractivity (Wildman–Crippen MR) is 62.0 cm³/mol. The minimum atomic E-state index is -1.08. The smallest absolute Gasteiger partial charge is 0.115 e. The molecule has 1 unspecified atom stereocenters. The molecule has 0 spiro atoms. The van der Waals surface area contributed by atoms with E-state index in [-0.39, 0.29) is 0 Å². The molecule has 1 fully saturated rings. The van der Waals surface area contributed by atoms with Gasteiger partial charge in [0.1, 0.15) is 5.60 Å². The Morgan fingerprint density at radius 2 is 2.25 bits per heavy atom. The van der Waals surface area contributed by atoms with E-state index in [2.05, 4.69) is 6.07 Å². The van der Waals surface area contributed by atoms with Gasteiger partial charge in [-0.1, -0.05) is 6.07 Å². The number of hydrogen-bond donors (Lipinski definition) is 1. The van der Waals surface area contributed by atoms with E-state index in [0.717, 1.165) is 4.88 Å². The molecule has 4 heteroatoms. The summed E-state index contributed by atoms with van der Waals surface area (Å²) in [5, 5.41) is 22.0. The lowest BCUT2D eigenvalue weighted by molar-refractivity contribution is -0.0953. The molecule has 16 heavy (non-hydrogen) atoms. The first kappa shape index (κ1) is 11.6. The van der Waals surface area contributed by atoms with Crippen LogP contribution < -0.4 is 0 Å². The van der Waals surface area contributed by atoms with Crippen molar-refractivity contribution >= 4 is 11.3 Å². The molecule has 2 heterocycles. The lowest BCUT2D eigenvalue weighted by atomic mass is 9.68.